The van der Waals surface area contributed by atoms with E-state index in [4.69, 9.17) is 4.98 Å². The third-order valence-corrected chi connectivity index (χ3v) is 10.7. The molecule has 0 saturated heterocycles. The summed E-state index contributed by atoms with van der Waals surface area (Å²) in [7, 11) is 0. The molecule has 0 amide bonds. The maximum atomic E-state index is 4.87. The second-order valence-corrected chi connectivity index (χ2v) is 13.9. The first-order valence-corrected chi connectivity index (χ1v) is 17.7. The quantitative estimate of drug-likeness (QED) is 0.159. The van der Waals surface area contributed by atoms with Gasteiger partial charge < -0.3 is 4.57 Å². The first-order chi connectivity index (χ1) is 25.0. The Morgan fingerprint density at radius 3 is 2.02 bits per heavy atom. The molecule has 0 aliphatic heterocycles. The molecule has 0 saturated carbocycles. The Morgan fingerprint density at radius 2 is 1.29 bits per heavy atom. The van der Waals surface area contributed by atoms with Gasteiger partial charge in [-0.25, -0.2) is 14.1 Å². The minimum atomic E-state index is -0.671. The molecule has 10 rings (SSSR count). The number of aryl methyl sites for hydroxylation is 1. The number of para-hydroxylation sites is 3. The predicted octanol–water partition coefficient (Wildman–Crippen LogP) is 11.1. The number of imidazole rings is 1. The molecule has 3 aromatic heterocycles. The van der Waals surface area contributed by atoms with E-state index in [-0.39, 0.29) is 21.1 Å². The summed E-state index contributed by atoms with van der Waals surface area (Å²) in [6.45, 7) is 6.58. The van der Waals surface area contributed by atoms with Crippen LogP contribution in [-0.4, -0.2) is 18.7 Å². The molecule has 9 aromatic rings. The third-order valence-electron chi connectivity index (χ3n) is 10.7. The zero-order chi connectivity index (χ0) is 34.3. The van der Waals surface area contributed by atoms with Crippen molar-refractivity contribution in [1.29, 1.82) is 0 Å². The molecule has 0 bridgehead atoms. The van der Waals surface area contributed by atoms with Gasteiger partial charge in [0.2, 0.25) is 0 Å². The van der Waals surface area contributed by atoms with Crippen molar-refractivity contribution in [3.63, 3.8) is 0 Å². The fourth-order valence-corrected chi connectivity index (χ4v) is 8.51. The fraction of sp³-hybridized carbons (Fsp3) is 0.106. The number of aromatic nitrogens is 4. The SMILES string of the molecule is Cc1ccnc(-n2c3[c-]c(C4(c5[c-]c(-n6[cH+]n(C(C)C)c7ccccc76)ccc5)c5ccccc5-c5ccccc54)ccc3c3ccccc32)c1.[Pt]. The second kappa shape index (κ2) is 12.3. The van der Waals surface area contributed by atoms with Crippen molar-refractivity contribution in [3.05, 3.63) is 192 Å². The average Bonchev–Trinajstić information content (AvgIpc) is 3.82. The minimum Gasteiger partial charge on any atom is -0.319 e. The van der Waals surface area contributed by atoms with Crippen LogP contribution in [0.5, 0.6) is 0 Å². The number of rotatable bonds is 5. The molecule has 1 aliphatic rings. The first-order valence-electron chi connectivity index (χ1n) is 17.7. The summed E-state index contributed by atoms with van der Waals surface area (Å²) in [5.41, 5.74) is 13.1. The molecule has 0 unspecified atom stereocenters. The molecule has 0 atom stereocenters. The molecule has 0 spiro atoms. The summed E-state index contributed by atoms with van der Waals surface area (Å²) < 4.78 is 6.90. The van der Waals surface area contributed by atoms with Crippen LogP contribution in [0.1, 0.15) is 47.7 Å². The van der Waals surface area contributed by atoms with Crippen LogP contribution in [0, 0.1) is 19.1 Å². The Kier molecular flexibility index (Phi) is 7.64. The van der Waals surface area contributed by atoms with Crippen LogP contribution in [0.15, 0.2) is 152 Å². The Bertz CT molecular complexity index is 2780. The van der Waals surface area contributed by atoms with Gasteiger partial charge in [-0.15, -0.1) is 22.6 Å². The van der Waals surface area contributed by atoms with E-state index in [1.54, 1.807) is 0 Å². The monoisotopic (exact) mass is 850 g/mol. The molecule has 6 aromatic carbocycles. The Hall–Kier alpha value is -5.57. The van der Waals surface area contributed by atoms with Gasteiger partial charge in [-0.1, -0.05) is 78.3 Å². The largest absolute Gasteiger partial charge is 0.319 e. The van der Waals surface area contributed by atoms with E-state index in [0.717, 1.165) is 44.6 Å². The number of fused-ring (bicyclic) bond motifs is 7. The maximum Gasteiger partial charge on any atom is 0.188 e. The number of nitrogens with zero attached hydrogens (tertiary/aromatic N) is 4. The van der Waals surface area contributed by atoms with Gasteiger partial charge in [0.15, 0.2) is 17.4 Å². The van der Waals surface area contributed by atoms with Crippen molar-refractivity contribution >= 4 is 32.8 Å². The number of hydrogen-bond acceptors (Lipinski definition) is 1. The average molecular weight is 851 g/mol. The standard InChI is InChI=1S/C47H35N4.Pt/c1-31(2)49-30-50(44-22-11-10-21-43(44)49)35-14-12-13-33(28-35)47(40-18-7-4-15-36(40)37-16-5-8-19-41(37)47)34-23-24-39-38-17-6-9-20-42(38)51(45(39)29-34)46-27-32(3)25-26-48-46;/h4-27,30-31H,1-3H3;/q-1;. The van der Waals surface area contributed by atoms with Crippen LogP contribution in [0.4, 0.5) is 0 Å². The Morgan fingerprint density at radius 1 is 0.635 bits per heavy atom. The Balaban J connectivity index is 0.00000360. The van der Waals surface area contributed by atoms with E-state index in [9.17, 15) is 0 Å². The molecule has 254 valence electrons. The minimum absolute atomic E-state index is 0. The summed E-state index contributed by atoms with van der Waals surface area (Å²) in [6, 6.07) is 58.8. The molecule has 1 aliphatic carbocycles. The zero-order valence-electron chi connectivity index (χ0n) is 29.1. The molecular formula is C47H35N4Pt-. The van der Waals surface area contributed by atoms with Gasteiger partial charge in [-0.3, -0.25) is 0 Å². The van der Waals surface area contributed by atoms with Gasteiger partial charge in [0.05, 0.1) is 6.04 Å². The van der Waals surface area contributed by atoms with E-state index < -0.39 is 5.41 Å². The van der Waals surface area contributed by atoms with Crippen LogP contribution in [0.25, 0.3) is 55.5 Å². The molecule has 0 N–H and O–H groups in total. The summed E-state index contributed by atoms with van der Waals surface area (Å²) in [4.78, 5) is 4.87. The van der Waals surface area contributed by atoms with Crippen LogP contribution >= 0.6 is 0 Å². The Labute approximate surface area is 317 Å². The summed E-state index contributed by atoms with van der Waals surface area (Å²) in [5, 5.41) is 2.34. The van der Waals surface area contributed by atoms with E-state index in [1.807, 2.05) is 12.3 Å². The molecule has 5 heteroatoms. The second-order valence-electron chi connectivity index (χ2n) is 13.9. The van der Waals surface area contributed by atoms with E-state index >= 15 is 0 Å². The van der Waals surface area contributed by atoms with Crippen LogP contribution in [0.2, 0.25) is 0 Å². The molecule has 0 fully saturated rings. The molecular weight excluding hydrogens is 816 g/mol. The van der Waals surface area contributed by atoms with Crippen LogP contribution < -0.4 is 0 Å². The summed E-state index contributed by atoms with van der Waals surface area (Å²) in [5.74, 6) is 0.891. The van der Waals surface area contributed by atoms with Gasteiger partial charge in [0.1, 0.15) is 5.82 Å². The van der Waals surface area contributed by atoms with Gasteiger partial charge in [0, 0.05) is 56.0 Å². The van der Waals surface area contributed by atoms with Crippen LogP contribution in [0.3, 0.4) is 0 Å². The van der Waals surface area contributed by atoms with E-state index in [1.165, 1.54) is 38.7 Å². The molecule has 0 radical (unpaired) electrons. The van der Waals surface area contributed by atoms with Gasteiger partial charge in [-0.05, 0) is 84.3 Å². The number of pyridine rings is 1. The van der Waals surface area contributed by atoms with Crippen molar-refractivity contribution in [3.8, 4) is 22.6 Å². The molecule has 52 heavy (non-hydrogen) atoms. The van der Waals surface area contributed by atoms with Crippen molar-refractivity contribution in [2.45, 2.75) is 32.2 Å². The molecule has 4 nitrogen and oxygen atoms in total. The number of hydrogen-bond donors (Lipinski definition) is 0. The fourth-order valence-electron chi connectivity index (χ4n) is 8.51. The van der Waals surface area contributed by atoms with Gasteiger partial charge >= 0.3 is 0 Å². The first kappa shape index (κ1) is 32.3. The van der Waals surface area contributed by atoms with Gasteiger partial charge in [0.25, 0.3) is 0 Å². The topological polar surface area (TPSA) is 27.7 Å². The van der Waals surface area contributed by atoms with E-state index in [0.29, 0.717) is 6.04 Å². The van der Waals surface area contributed by atoms with E-state index in [2.05, 4.69) is 186 Å². The number of benzene rings is 6. The maximum absolute atomic E-state index is 4.87. The zero-order valence-corrected chi connectivity index (χ0v) is 31.4. The van der Waals surface area contributed by atoms with Gasteiger partial charge in [-0.2, -0.15) is 30.3 Å². The smallest absolute Gasteiger partial charge is 0.188 e. The predicted molar refractivity (Wildman–Crippen MR) is 208 cm³/mol. The third kappa shape index (κ3) is 4.57. The summed E-state index contributed by atoms with van der Waals surface area (Å²) in [6.07, 6.45) is 4.12. The van der Waals surface area contributed by atoms with Crippen molar-refractivity contribution in [2.75, 3.05) is 0 Å². The van der Waals surface area contributed by atoms with Crippen molar-refractivity contribution in [2.24, 2.45) is 0 Å². The van der Waals surface area contributed by atoms with Crippen LogP contribution in [-0.2, 0) is 26.5 Å². The summed E-state index contributed by atoms with van der Waals surface area (Å²) >= 11 is 0. The molecule has 3 heterocycles. The van der Waals surface area contributed by atoms with Crippen molar-refractivity contribution < 1.29 is 21.1 Å². The normalized spacial score (nSPS) is 13.1. The van der Waals surface area contributed by atoms with Crippen molar-refractivity contribution in [1.82, 2.24) is 18.7 Å².